The van der Waals surface area contributed by atoms with Gasteiger partial charge in [0.25, 0.3) is 0 Å². The van der Waals surface area contributed by atoms with E-state index in [2.05, 4.69) is 9.38 Å². The fourth-order valence-electron chi connectivity index (χ4n) is 3.32. The van der Waals surface area contributed by atoms with Crippen LogP contribution in [0.15, 0.2) is 4.40 Å². The highest BCUT2D eigenvalue weighted by Crippen LogP contribution is 2.48. The zero-order valence-corrected chi connectivity index (χ0v) is 17.1. The molecular formula is C19H16ClN3O3S2. The van der Waals surface area contributed by atoms with Crippen molar-refractivity contribution in [2.45, 2.75) is 29.6 Å². The monoisotopic (exact) mass is 433 g/mol. The molecule has 1 aliphatic carbocycles. The fourth-order valence-corrected chi connectivity index (χ4v) is 5.21. The van der Waals surface area contributed by atoms with Gasteiger partial charge in [-0.2, -0.15) is 4.40 Å². The Labute approximate surface area is 178 Å². The molecule has 2 heterocycles. The number of likely N-dealkylation sites (tertiary alicyclic amines) is 1. The van der Waals surface area contributed by atoms with Gasteiger partial charge in [0.15, 0.2) is 4.47 Å². The summed E-state index contributed by atoms with van der Waals surface area (Å²) in [6, 6.07) is 0. The topological polar surface area (TPSA) is 71.9 Å². The molecule has 3 rings (SSSR count). The van der Waals surface area contributed by atoms with E-state index in [4.69, 9.17) is 57.9 Å². The van der Waals surface area contributed by atoms with Gasteiger partial charge in [-0.05, 0) is 40.0 Å². The summed E-state index contributed by atoms with van der Waals surface area (Å²) in [5.74, 6) is 0. The maximum Gasteiger partial charge on any atom is 0.410 e. The van der Waals surface area contributed by atoms with Crippen molar-refractivity contribution < 1.29 is 13.7 Å². The molecule has 2 aliphatic rings. The van der Waals surface area contributed by atoms with Gasteiger partial charge in [0.2, 0.25) is 0 Å². The van der Waals surface area contributed by atoms with Crippen LogP contribution in [0.4, 0.5) is 4.79 Å². The number of carbonyl (C=O) groups is 1. The molecule has 12 radical (unpaired) electrons. The lowest BCUT2D eigenvalue weighted by molar-refractivity contribution is 0.0500. The SMILES string of the molecule is [CH]C([CH])([CH])OC(=O)N1CCC2(CC1)Cc1sc(Cl)nc1/C2=N\[S@@](=O)C([CH])([CH])[CH]. The summed E-state index contributed by atoms with van der Waals surface area (Å²) in [7, 11) is -2.10. The predicted molar refractivity (Wildman–Crippen MR) is 106 cm³/mol. The second-order valence-corrected chi connectivity index (χ2v) is 10.0. The average Bonchev–Trinajstić information content (AvgIpc) is 3.00. The Morgan fingerprint density at radius 2 is 1.86 bits per heavy atom. The van der Waals surface area contributed by atoms with E-state index in [1.165, 1.54) is 16.2 Å². The number of halogens is 1. The smallest absolute Gasteiger partial charge is 0.410 e. The third kappa shape index (κ3) is 4.44. The molecule has 1 aliphatic heterocycles. The first kappa shape index (κ1) is 21.7. The minimum absolute atomic E-state index is 0.322. The molecule has 0 N–H and O–H groups in total. The Morgan fingerprint density at radius 3 is 2.39 bits per heavy atom. The van der Waals surface area contributed by atoms with Gasteiger partial charge in [-0.3, -0.25) is 0 Å². The number of rotatable bonds is 3. The van der Waals surface area contributed by atoms with Crippen LogP contribution < -0.4 is 0 Å². The minimum Gasteiger partial charge on any atom is -0.442 e. The molecular weight excluding hydrogens is 418 g/mol. The van der Waals surface area contributed by atoms with Crippen LogP contribution in [0.5, 0.6) is 0 Å². The first-order valence-electron chi connectivity index (χ1n) is 8.19. The Hall–Kier alpha value is -0.990. The predicted octanol–water partition coefficient (Wildman–Crippen LogP) is 2.77. The molecule has 1 spiro atoms. The van der Waals surface area contributed by atoms with Crippen molar-refractivity contribution in [3.63, 3.8) is 0 Å². The molecule has 0 unspecified atom stereocenters. The van der Waals surface area contributed by atoms with Gasteiger partial charge in [0, 0.05) is 44.2 Å². The highest BCUT2D eigenvalue weighted by molar-refractivity contribution is 7.85. The van der Waals surface area contributed by atoms with E-state index in [1.807, 2.05) is 0 Å². The molecule has 1 atom stereocenters. The summed E-state index contributed by atoms with van der Waals surface area (Å²) in [6.45, 7) is 33.1. The van der Waals surface area contributed by atoms with Gasteiger partial charge in [-0.25, -0.2) is 14.0 Å². The summed E-state index contributed by atoms with van der Waals surface area (Å²) < 4.78 is 19.7. The van der Waals surface area contributed by atoms with Crippen molar-refractivity contribution >= 4 is 45.7 Å². The molecule has 144 valence electrons. The minimum atomic E-state index is -2.10. The summed E-state index contributed by atoms with van der Waals surface area (Å²) in [5.41, 5.74) is -1.51. The number of amides is 1. The van der Waals surface area contributed by atoms with Gasteiger partial charge in [0.05, 0.1) is 10.5 Å². The maximum absolute atomic E-state index is 12.4. The molecule has 0 aromatic carbocycles. The van der Waals surface area contributed by atoms with Crippen molar-refractivity contribution in [1.29, 1.82) is 0 Å². The van der Waals surface area contributed by atoms with E-state index in [1.54, 1.807) is 0 Å². The van der Waals surface area contributed by atoms with Crippen LogP contribution in [0.1, 0.15) is 23.4 Å². The van der Waals surface area contributed by atoms with Gasteiger partial charge >= 0.3 is 6.09 Å². The van der Waals surface area contributed by atoms with Crippen LogP contribution in [0.3, 0.4) is 0 Å². The number of aromatic nitrogens is 1. The van der Waals surface area contributed by atoms with Gasteiger partial charge in [0.1, 0.15) is 22.3 Å². The van der Waals surface area contributed by atoms with Crippen molar-refractivity contribution in [2.24, 2.45) is 9.81 Å². The second kappa shape index (κ2) is 7.36. The first-order valence-corrected chi connectivity index (χ1v) is 10.5. The number of hydrogen-bond donors (Lipinski definition) is 0. The number of ether oxygens (including phenoxy) is 1. The van der Waals surface area contributed by atoms with E-state index >= 15 is 0 Å². The van der Waals surface area contributed by atoms with E-state index in [0.717, 1.165) is 4.88 Å². The number of piperidine rings is 1. The maximum atomic E-state index is 12.4. The van der Waals surface area contributed by atoms with Crippen LogP contribution in [-0.4, -0.2) is 49.3 Å². The summed E-state index contributed by atoms with van der Waals surface area (Å²) in [4.78, 5) is 18.8. The molecule has 0 saturated carbocycles. The van der Waals surface area contributed by atoms with E-state index < -0.39 is 32.8 Å². The van der Waals surface area contributed by atoms with Gasteiger partial charge in [-0.15, -0.1) is 11.3 Å². The first-order chi connectivity index (χ1) is 12.8. The van der Waals surface area contributed by atoms with Crippen LogP contribution >= 0.6 is 22.9 Å². The van der Waals surface area contributed by atoms with Crippen LogP contribution in [-0.2, 0) is 22.1 Å². The molecule has 9 heteroatoms. The Bertz CT molecular complexity index is 828. The van der Waals surface area contributed by atoms with Crippen molar-refractivity contribution in [1.82, 2.24) is 9.88 Å². The zero-order chi connectivity index (χ0) is 20.9. The lowest BCUT2D eigenvalue weighted by Crippen LogP contribution is -2.47. The second-order valence-electron chi connectivity index (χ2n) is 6.95. The molecule has 6 nitrogen and oxygen atoms in total. The number of hydrogen-bond acceptors (Lipinski definition) is 5. The lowest BCUT2D eigenvalue weighted by atomic mass is 9.75. The highest BCUT2D eigenvalue weighted by atomic mass is 35.5. The number of thiazole rings is 1. The normalized spacial score (nSPS) is 21.8. The van der Waals surface area contributed by atoms with E-state index in [0.29, 0.717) is 48.2 Å². The largest absolute Gasteiger partial charge is 0.442 e. The molecule has 1 fully saturated rings. The standard InChI is InChI=1S/C19H16ClN3O3S2/c1-17(2,3)26-16(24)23-9-7-19(8-10-23)11-12-13(21-15(20)27-12)14(19)22-28(25)18(4,5)6/h1-6H,7-11H2/b22-14+/t28-/m0/s1. The Kier molecular flexibility index (Phi) is 5.71. The van der Waals surface area contributed by atoms with Crippen LogP contribution in [0, 0.1) is 47.0 Å². The fraction of sp³-hybridized carbons (Fsp3) is 0.421. The number of nitrogens with zero attached hydrogens (tertiary/aromatic N) is 3. The highest BCUT2D eigenvalue weighted by Gasteiger charge is 2.49. The molecule has 1 saturated heterocycles. The van der Waals surface area contributed by atoms with E-state index in [9.17, 15) is 9.00 Å². The van der Waals surface area contributed by atoms with E-state index in [-0.39, 0.29) is 0 Å². The summed E-state index contributed by atoms with van der Waals surface area (Å²) in [6.07, 6.45) is 0.868. The summed E-state index contributed by atoms with van der Waals surface area (Å²) in [5, 5.41) is 0. The quantitative estimate of drug-likeness (QED) is 0.734. The molecule has 0 bridgehead atoms. The van der Waals surface area contributed by atoms with Gasteiger partial charge < -0.3 is 9.64 Å². The third-order valence-electron chi connectivity index (χ3n) is 4.62. The van der Waals surface area contributed by atoms with Gasteiger partial charge in [-0.1, -0.05) is 11.6 Å². The number of carbonyl (C=O) groups excluding carboxylic acids is 1. The van der Waals surface area contributed by atoms with Crippen molar-refractivity contribution in [3.8, 4) is 0 Å². The van der Waals surface area contributed by atoms with Crippen molar-refractivity contribution in [3.05, 3.63) is 56.6 Å². The summed E-state index contributed by atoms with van der Waals surface area (Å²) >= 11 is 7.34. The van der Waals surface area contributed by atoms with Crippen molar-refractivity contribution in [2.75, 3.05) is 13.1 Å². The zero-order valence-electron chi connectivity index (χ0n) is 14.8. The van der Waals surface area contributed by atoms with Crippen LogP contribution in [0.2, 0.25) is 4.47 Å². The molecule has 28 heavy (non-hydrogen) atoms. The molecule has 1 aromatic rings. The van der Waals surface area contributed by atoms with Crippen LogP contribution in [0.25, 0.3) is 0 Å². The Balaban J connectivity index is 1.85. The number of fused-ring (bicyclic) bond motifs is 1. The third-order valence-corrected chi connectivity index (χ3v) is 6.73. The average molecular weight is 434 g/mol. The molecule has 1 amide bonds. The Morgan fingerprint density at radius 1 is 1.25 bits per heavy atom. The lowest BCUT2D eigenvalue weighted by Gasteiger charge is -2.39. The molecule has 1 aromatic heterocycles.